The minimum atomic E-state index is -2.99. The van der Waals surface area contributed by atoms with Crippen molar-refractivity contribution in [3.63, 3.8) is 0 Å². The second kappa shape index (κ2) is 7.12. The van der Waals surface area contributed by atoms with Gasteiger partial charge in [0.05, 0.1) is 17.3 Å². The number of sulfone groups is 1. The number of thioether (sulfide) groups is 1. The van der Waals surface area contributed by atoms with Crippen molar-refractivity contribution >= 4 is 33.2 Å². The highest BCUT2D eigenvalue weighted by atomic mass is 32.2. The molecular formula is C15H17FN4O3S2. The van der Waals surface area contributed by atoms with E-state index in [9.17, 15) is 17.6 Å². The molecule has 3 rings (SSSR count). The molecule has 2 aromatic rings. The Morgan fingerprint density at radius 2 is 2.08 bits per heavy atom. The first-order valence-electron chi connectivity index (χ1n) is 7.62. The third-order valence-electron chi connectivity index (χ3n) is 3.93. The van der Waals surface area contributed by atoms with Crippen molar-refractivity contribution in [3.05, 3.63) is 35.9 Å². The third kappa shape index (κ3) is 4.37. The Bertz CT molecular complexity index is 881. The van der Waals surface area contributed by atoms with Gasteiger partial charge in [-0.1, -0.05) is 11.8 Å². The second-order valence-electron chi connectivity index (χ2n) is 5.84. The quantitative estimate of drug-likeness (QED) is 0.787. The molecule has 0 aliphatic carbocycles. The second-order valence-corrected chi connectivity index (χ2v) is 9.01. The molecule has 1 atom stereocenters. The summed E-state index contributed by atoms with van der Waals surface area (Å²) in [5.41, 5.74) is 0.516. The number of rotatable bonds is 5. The van der Waals surface area contributed by atoms with Gasteiger partial charge in [0.2, 0.25) is 5.91 Å². The molecule has 0 bridgehead atoms. The maximum absolute atomic E-state index is 12.8. The fourth-order valence-electron chi connectivity index (χ4n) is 2.67. The number of nitrogens with one attached hydrogen (secondary N) is 1. The van der Waals surface area contributed by atoms with E-state index in [1.54, 1.807) is 11.6 Å². The number of carbonyl (C=O) groups excluding carboxylic acids is 1. The van der Waals surface area contributed by atoms with Gasteiger partial charge in [0.25, 0.3) is 0 Å². The zero-order chi connectivity index (χ0) is 18.0. The van der Waals surface area contributed by atoms with E-state index < -0.39 is 9.84 Å². The zero-order valence-electron chi connectivity index (χ0n) is 13.5. The Hall–Kier alpha value is -1.94. The molecule has 0 unspecified atom stereocenters. The van der Waals surface area contributed by atoms with Crippen LogP contribution in [-0.4, -0.2) is 46.3 Å². The normalized spacial score (nSPS) is 19.0. The van der Waals surface area contributed by atoms with Gasteiger partial charge in [-0.15, -0.1) is 10.2 Å². The summed E-state index contributed by atoms with van der Waals surface area (Å²) >= 11 is 1.21. The van der Waals surface area contributed by atoms with E-state index in [0.29, 0.717) is 23.1 Å². The van der Waals surface area contributed by atoms with Crippen molar-refractivity contribution in [1.82, 2.24) is 14.8 Å². The van der Waals surface area contributed by atoms with E-state index in [2.05, 4.69) is 15.5 Å². The van der Waals surface area contributed by atoms with Gasteiger partial charge in [-0.2, -0.15) is 0 Å². The minimum Gasteiger partial charge on any atom is -0.325 e. The van der Waals surface area contributed by atoms with E-state index in [4.69, 9.17) is 0 Å². The van der Waals surface area contributed by atoms with Crippen LogP contribution in [0.3, 0.4) is 0 Å². The zero-order valence-corrected chi connectivity index (χ0v) is 15.1. The van der Waals surface area contributed by atoms with E-state index in [-0.39, 0.29) is 34.9 Å². The number of amides is 1. The molecule has 1 fully saturated rings. The van der Waals surface area contributed by atoms with Crippen LogP contribution in [0.15, 0.2) is 29.4 Å². The summed E-state index contributed by atoms with van der Waals surface area (Å²) in [6.07, 6.45) is 0.546. The predicted molar refractivity (Wildman–Crippen MR) is 92.8 cm³/mol. The maximum atomic E-state index is 12.8. The largest absolute Gasteiger partial charge is 0.325 e. The lowest BCUT2D eigenvalue weighted by atomic mass is 10.1. The maximum Gasteiger partial charge on any atom is 0.234 e. The van der Waals surface area contributed by atoms with E-state index in [0.717, 1.165) is 0 Å². The molecule has 0 radical (unpaired) electrons. The van der Waals surface area contributed by atoms with Crippen molar-refractivity contribution in [1.29, 1.82) is 0 Å². The van der Waals surface area contributed by atoms with Crippen molar-refractivity contribution in [2.24, 2.45) is 7.05 Å². The molecule has 1 N–H and O–H groups in total. The van der Waals surface area contributed by atoms with E-state index in [1.807, 2.05) is 0 Å². The van der Waals surface area contributed by atoms with Crippen LogP contribution in [0.2, 0.25) is 0 Å². The highest BCUT2D eigenvalue weighted by Gasteiger charge is 2.32. The number of anilines is 1. The lowest BCUT2D eigenvalue weighted by Gasteiger charge is -2.08. The number of aromatic nitrogens is 3. The van der Waals surface area contributed by atoms with Crippen LogP contribution in [0, 0.1) is 5.82 Å². The van der Waals surface area contributed by atoms with Crippen LogP contribution in [0.4, 0.5) is 10.1 Å². The molecule has 1 aromatic carbocycles. The predicted octanol–water partition coefficient (Wildman–Crippen LogP) is 1.59. The van der Waals surface area contributed by atoms with Crippen molar-refractivity contribution in [3.8, 4) is 0 Å². The van der Waals surface area contributed by atoms with Gasteiger partial charge in [-0.05, 0) is 30.7 Å². The van der Waals surface area contributed by atoms with Crippen molar-refractivity contribution in [2.45, 2.75) is 17.5 Å². The first-order chi connectivity index (χ1) is 11.8. The first kappa shape index (κ1) is 17.9. The molecule has 1 amide bonds. The average molecular weight is 384 g/mol. The topological polar surface area (TPSA) is 93.9 Å². The molecule has 7 nitrogen and oxygen atoms in total. The molecule has 1 saturated heterocycles. The van der Waals surface area contributed by atoms with Gasteiger partial charge in [-0.25, -0.2) is 12.8 Å². The molecule has 10 heteroatoms. The molecule has 0 saturated carbocycles. The Balaban J connectivity index is 1.58. The van der Waals surface area contributed by atoms with Crippen molar-refractivity contribution < 1.29 is 17.6 Å². The van der Waals surface area contributed by atoms with Crippen LogP contribution in [-0.2, 0) is 21.7 Å². The number of hydrogen-bond donors (Lipinski definition) is 1. The molecule has 1 aliphatic rings. The fraction of sp³-hybridized carbons (Fsp3) is 0.400. The summed E-state index contributed by atoms with van der Waals surface area (Å²) in [7, 11) is -1.23. The summed E-state index contributed by atoms with van der Waals surface area (Å²) in [5.74, 6) is 0.249. The van der Waals surface area contributed by atoms with Crippen LogP contribution in [0.1, 0.15) is 18.2 Å². The van der Waals surface area contributed by atoms with E-state index in [1.165, 1.54) is 36.0 Å². The lowest BCUT2D eigenvalue weighted by Crippen LogP contribution is -2.14. The minimum absolute atomic E-state index is 0.0920. The highest BCUT2D eigenvalue weighted by molar-refractivity contribution is 7.99. The molecule has 1 aromatic heterocycles. The number of carbonyl (C=O) groups is 1. The Kier molecular flexibility index (Phi) is 5.09. The Morgan fingerprint density at radius 3 is 2.72 bits per heavy atom. The number of halogens is 1. The summed E-state index contributed by atoms with van der Waals surface area (Å²) in [6.45, 7) is 0. The highest BCUT2D eigenvalue weighted by Crippen LogP contribution is 2.29. The first-order valence-corrected chi connectivity index (χ1v) is 10.4. The van der Waals surface area contributed by atoms with Gasteiger partial charge in [0.1, 0.15) is 11.6 Å². The van der Waals surface area contributed by atoms with Gasteiger partial charge in [0, 0.05) is 18.7 Å². The molecular weight excluding hydrogens is 367 g/mol. The van der Waals surface area contributed by atoms with Gasteiger partial charge in [-0.3, -0.25) is 4.79 Å². The summed E-state index contributed by atoms with van der Waals surface area (Å²) in [5, 5.41) is 11.4. The average Bonchev–Trinajstić information content (AvgIpc) is 3.10. The standard InChI is InChI=1S/C15H17FN4O3S2/c1-20-14(10-6-7-25(22,23)9-10)18-19-15(20)24-8-13(21)17-12-4-2-11(16)3-5-12/h2-5,10H,6-9H2,1H3,(H,17,21)/t10-/m0/s1. The summed E-state index contributed by atoms with van der Waals surface area (Å²) in [6, 6.07) is 5.51. The molecule has 25 heavy (non-hydrogen) atoms. The molecule has 2 heterocycles. The fourth-order valence-corrected chi connectivity index (χ4v) is 5.12. The van der Waals surface area contributed by atoms with Crippen molar-refractivity contribution in [2.75, 3.05) is 22.6 Å². The summed E-state index contributed by atoms with van der Waals surface area (Å²) in [4.78, 5) is 12.0. The number of benzene rings is 1. The third-order valence-corrected chi connectivity index (χ3v) is 6.71. The van der Waals surface area contributed by atoms with Gasteiger partial charge in [0.15, 0.2) is 15.0 Å². The Labute approximate surface area is 148 Å². The lowest BCUT2D eigenvalue weighted by molar-refractivity contribution is -0.113. The number of nitrogens with zero attached hydrogens (tertiary/aromatic N) is 3. The SMILES string of the molecule is Cn1c(SCC(=O)Nc2ccc(F)cc2)nnc1[C@H]1CCS(=O)(=O)C1. The summed E-state index contributed by atoms with van der Waals surface area (Å²) < 4.78 is 37.8. The Morgan fingerprint density at radius 1 is 1.36 bits per heavy atom. The molecule has 0 spiro atoms. The molecule has 1 aliphatic heterocycles. The van der Waals surface area contributed by atoms with Crippen LogP contribution < -0.4 is 5.32 Å². The smallest absolute Gasteiger partial charge is 0.234 e. The van der Waals surface area contributed by atoms with Crippen LogP contribution >= 0.6 is 11.8 Å². The van der Waals surface area contributed by atoms with Gasteiger partial charge >= 0.3 is 0 Å². The number of hydrogen-bond acceptors (Lipinski definition) is 6. The van der Waals surface area contributed by atoms with E-state index >= 15 is 0 Å². The van der Waals surface area contributed by atoms with Crippen LogP contribution in [0.25, 0.3) is 0 Å². The van der Waals surface area contributed by atoms with Crippen LogP contribution in [0.5, 0.6) is 0 Å². The monoisotopic (exact) mass is 384 g/mol. The van der Waals surface area contributed by atoms with Gasteiger partial charge < -0.3 is 9.88 Å². The molecule has 134 valence electrons.